The zero-order valence-corrected chi connectivity index (χ0v) is 17.0. The van der Waals surface area contributed by atoms with E-state index in [2.05, 4.69) is 10.2 Å². The van der Waals surface area contributed by atoms with E-state index in [9.17, 15) is 12.8 Å². The molecule has 0 N–H and O–H groups in total. The van der Waals surface area contributed by atoms with E-state index in [1.165, 1.54) is 22.6 Å². The van der Waals surface area contributed by atoms with E-state index >= 15 is 0 Å². The van der Waals surface area contributed by atoms with Crippen molar-refractivity contribution in [1.29, 1.82) is 0 Å². The van der Waals surface area contributed by atoms with Crippen LogP contribution in [0.1, 0.15) is 23.9 Å². The van der Waals surface area contributed by atoms with Gasteiger partial charge in [0.25, 0.3) is 0 Å². The van der Waals surface area contributed by atoms with Gasteiger partial charge in [0, 0.05) is 26.3 Å². The summed E-state index contributed by atoms with van der Waals surface area (Å²) in [5, 5.41) is 8.30. The summed E-state index contributed by atoms with van der Waals surface area (Å²) in [4.78, 5) is 0.204. The minimum atomic E-state index is -3.76. The monoisotopic (exact) mass is 405 g/mol. The van der Waals surface area contributed by atoms with Crippen molar-refractivity contribution in [3.8, 4) is 0 Å². The van der Waals surface area contributed by atoms with Crippen LogP contribution in [0.3, 0.4) is 0 Å². The first-order chi connectivity index (χ1) is 13.3. The molecular formula is C19H24FN5O2S. The average molecular weight is 405 g/mol. The standard InChI is InChI=1S/C19H24FN5O2S/c1-4-25-15(2)19(13-22-25)28(26,27)24(14-18-9-11-21-23(18)3)12-10-16-5-7-17(20)8-6-16/h5-9,11,13H,4,10,12,14H2,1-3H3. The lowest BCUT2D eigenvalue weighted by Gasteiger charge is -2.22. The Morgan fingerprint density at radius 3 is 2.43 bits per heavy atom. The van der Waals surface area contributed by atoms with Crippen LogP contribution in [0.2, 0.25) is 0 Å². The summed E-state index contributed by atoms with van der Waals surface area (Å²) < 4.78 is 44.6. The van der Waals surface area contributed by atoms with Crippen LogP contribution in [0.25, 0.3) is 0 Å². The fraction of sp³-hybridized carbons (Fsp3) is 0.368. The summed E-state index contributed by atoms with van der Waals surface area (Å²) in [5.41, 5.74) is 2.26. The largest absolute Gasteiger partial charge is 0.271 e. The van der Waals surface area contributed by atoms with Crippen molar-refractivity contribution in [3.05, 3.63) is 65.5 Å². The number of rotatable bonds is 8. The van der Waals surface area contributed by atoms with Gasteiger partial charge in [-0.15, -0.1) is 0 Å². The number of nitrogens with zero attached hydrogens (tertiary/aromatic N) is 5. The third-order valence-electron chi connectivity index (χ3n) is 4.80. The van der Waals surface area contributed by atoms with Crippen molar-refractivity contribution in [2.75, 3.05) is 6.54 Å². The highest BCUT2D eigenvalue weighted by molar-refractivity contribution is 7.89. The second-order valence-corrected chi connectivity index (χ2v) is 8.48. The molecule has 0 aliphatic heterocycles. The zero-order chi connectivity index (χ0) is 20.3. The molecule has 0 bridgehead atoms. The first kappa shape index (κ1) is 20.2. The van der Waals surface area contributed by atoms with E-state index in [4.69, 9.17) is 0 Å². The van der Waals surface area contributed by atoms with E-state index in [-0.39, 0.29) is 23.8 Å². The SMILES string of the molecule is CCn1ncc(S(=O)(=O)N(CCc2ccc(F)cc2)Cc2ccnn2C)c1C. The predicted octanol–water partition coefficient (Wildman–Crippen LogP) is 2.52. The van der Waals surface area contributed by atoms with Gasteiger partial charge in [-0.1, -0.05) is 12.1 Å². The maximum Gasteiger partial charge on any atom is 0.246 e. The van der Waals surface area contributed by atoms with E-state index < -0.39 is 10.0 Å². The Morgan fingerprint density at radius 2 is 1.86 bits per heavy atom. The molecule has 0 saturated heterocycles. The van der Waals surface area contributed by atoms with Crippen LogP contribution >= 0.6 is 0 Å². The van der Waals surface area contributed by atoms with Gasteiger partial charge in [-0.2, -0.15) is 14.5 Å². The first-order valence-electron chi connectivity index (χ1n) is 9.06. The molecular weight excluding hydrogens is 381 g/mol. The Balaban J connectivity index is 1.91. The molecule has 0 radical (unpaired) electrons. The molecule has 150 valence electrons. The number of aryl methyl sites for hydroxylation is 2. The minimum absolute atomic E-state index is 0.191. The molecule has 0 saturated carbocycles. The molecule has 0 spiro atoms. The van der Waals surface area contributed by atoms with Gasteiger partial charge >= 0.3 is 0 Å². The van der Waals surface area contributed by atoms with Crippen molar-refractivity contribution in [1.82, 2.24) is 23.9 Å². The Labute approximate surface area is 164 Å². The Morgan fingerprint density at radius 1 is 1.14 bits per heavy atom. The molecule has 2 heterocycles. The summed E-state index contributed by atoms with van der Waals surface area (Å²) in [5.74, 6) is -0.314. The normalized spacial score (nSPS) is 12.0. The Bertz CT molecular complexity index is 1040. The number of sulfonamides is 1. The van der Waals surface area contributed by atoms with Gasteiger partial charge in [0.05, 0.1) is 24.1 Å². The molecule has 9 heteroatoms. The molecule has 0 unspecified atom stereocenters. The van der Waals surface area contributed by atoms with E-state index in [0.29, 0.717) is 18.7 Å². The number of benzene rings is 1. The molecule has 0 amide bonds. The second-order valence-electron chi connectivity index (χ2n) is 6.57. The van der Waals surface area contributed by atoms with Gasteiger partial charge in [0.2, 0.25) is 10.0 Å². The van der Waals surface area contributed by atoms with Crippen molar-refractivity contribution in [2.24, 2.45) is 7.05 Å². The highest BCUT2D eigenvalue weighted by atomic mass is 32.2. The van der Waals surface area contributed by atoms with Crippen LogP contribution in [-0.4, -0.2) is 38.8 Å². The number of halogens is 1. The molecule has 28 heavy (non-hydrogen) atoms. The van der Waals surface area contributed by atoms with Crippen molar-refractivity contribution < 1.29 is 12.8 Å². The average Bonchev–Trinajstić information content (AvgIpc) is 3.25. The third-order valence-corrected chi connectivity index (χ3v) is 6.75. The minimum Gasteiger partial charge on any atom is -0.271 e. The molecule has 0 aliphatic rings. The summed E-state index contributed by atoms with van der Waals surface area (Å²) >= 11 is 0. The summed E-state index contributed by atoms with van der Waals surface area (Å²) in [6, 6.07) is 7.90. The van der Waals surface area contributed by atoms with Crippen molar-refractivity contribution >= 4 is 10.0 Å². The van der Waals surface area contributed by atoms with Crippen LogP contribution in [0.15, 0.2) is 47.6 Å². The van der Waals surface area contributed by atoms with Crippen LogP contribution < -0.4 is 0 Å². The first-order valence-corrected chi connectivity index (χ1v) is 10.5. The lowest BCUT2D eigenvalue weighted by molar-refractivity contribution is 0.397. The quantitative estimate of drug-likeness (QED) is 0.577. The van der Waals surface area contributed by atoms with Crippen LogP contribution in [-0.2, 0) is 36.6 Å². The van der Waals surface area contributed by atoms with E-state index in [1.54, 1.807) is 47.7 Å². The van der Waals surface area contributed by atoms with Gasteiger partial charge in [0.15, 0.2) is 0 Å². The smallest absolute Gasteiger partial charge is 0.246 e. The van der Waals surface area contributed by atoms with Crippen LogP contribution in [0, 0.1) is 12.7 Å². The molecule has 2 aromatic heterocycles. The molecule has 1 aromatic carbocycles. The fourth-order valence-corrected chi connectivity index (χ4v) is 4.64. The fourth-order valence-electron chi connectivity index (χ4n) is 3.07. The highest BCUT2D eigenvalue weighted by Gasteiger charge is 2.29. The molecule has 7 nitrogen and oxygen atoms in total. The summed E-state index contributed by atoms with van der Waals surface area (Å²) in [7, 11) is -1.98. The van der Waals surface area contributed by atoms with Gasteiger partial charge in [-0.3, -0.25) is 9.36 Å². The lowest BCUT2D eigenvalue weighted by Crippen LogP contribution is -2.33. The predicted molar refractivity (Wildman–Crippen MR) is 104 cm³/mol. The van der Waals surface area contributed by atoms with Crippen molar-refractivity contribution in [2.45, 2.75) is 38.3 Å². The van der Waals surface area contributed by atoms with Crippen molar-refractivity contribution in [3.63, 3.8) is 0 Å². The van der Waals surface area contributed by atoms with Gasteiger partial charge in [0.1, 0.15) is 10.7 Å². The zero-order valence-electron chi connectivity index (χ0n) is 16.2. The Kier molecular flexibility index (Phi) is 5.95. The molecule has 3 rings (SSSR count). The molecule has 3 aromatic rings. The van der Waals surface area contributed by atoms with Crippen LogP contribution in [0.5, 0.6) is 0 Å². The lowest BCUT2D eigenvalue weighted by atomic mass is 10.1. The summed E-state index contributed by atoms with van der Waals surface area (Å²) in [6.07, 6.45) is 3.51. The second kappa shape index (κ2) is 8.24. The van der Waals surface area contributed by atoms with Gasteiger partial charge in [-0.05, 0) is 44.0 Å². The van der Waals surface area contributed by atoms with E-state index in [1.807, 2.05) is 6.92 Å². The van der Waals surface area contributed by atoms with Gasteiger partial charge in [-0.25, -0.2) is 12.8 Å². The number of hydrogen-bond acceptors (Lipinski definition) is 4. The number of aromatic nitrogens is 4. The third kappa shape index (κ3) is 4.15. The maximum absolute atomic E-state index is 13.4. The molecule has 0 fully saturated rings. The maximum atomic E-state index is 13.4. The molecule has 0 aliphatic carbocycles. The van der Waals surface area contributed by atoms with Gasteiger partial charge < -0.3 is 0 Å². The topological polar surface area (TPSA) is 73.0 Å². The van der Waals surface area contributed by atoms with Crippen LogP contribution in [0.4, 0.5) is 4.39 Å². The highest BCUT2D eigenvalue weighted by Crippen LogP contribution is 2.22. The summed E-state index contributed by atoms with van der Waals surface area (Å²) in [6.45, 7) is 4.72. The number of hydrogen-bond donors (Lipinski definition) is 0. The molecule has 0 atom stereocenters. The van der Waals surface area contributed by atoms with E-state index in [0.717, 1.165) is 11.3 Å². The Hall–Kier alpha value is -2.52.